The van der Waals surface area contributed by atoms with Gasteiger partial charge in [0.05, 0.1) is 5.69 Å². The number of ether oxygens (including phenoxy) is 3. The first-order chi connectivity index (χ1) is 18.9. The predicted molar refractivity (Wildman–Crippen MR) is 154 cm³/mol. The number of carbonyl (C=O) groups is 3. The number of esters is 3. The Bertz CT molecular complexity index is 838. The summed E-state index contributed by atoms with van der Waals surface area (Å²) in [5.74, 6) is -0.588. The fourth-order valence-corrected chi connectivity index (χ4v) is 4.33. The summed E-state index contributed by atoms with van der Waals surface area (Å²) < 4.78 is 16.9. The standard InChI is InChI=1S/C32H53NO6/c1-5-8-11-14-17-20-29(34)37-24-27-23-33-26(4)32(39-31(36)22-19-16-13-10-7-3)28(27)25-38-30(35)21-18-15-12-9-6-2/h23H,5-22,24-25H2,1-4H3. The average Bonchev–Trinajstić information content (AvgIpc) is 2.92. The number of hydrogen-bond donors (Lipinski definition) is 0. The largest absolute Gasteiger partial charge is 0.461 e. The van der Waals surface area contributed by atoms with Crippen molar-refractivity contribution in [3.8, 4) is 5.75 Å². The first kappa shape index (κ1) is 34.6. The molecule has 1 rings (SSSR count). The van der Waals surface area contributed by atoms with Crippen LogP contribution in [-0.4, -0.2) is 22.9 Å². The molecule has 1 aromatic rings. The third-order valence-corrected chi connectivity index (χ3v) is 6.84. The number of carbonyl (C=O) groups excluding carboxylic acids is 3. The van der Waals surface area contributed by atoms with Crippen LogP contribution < -0.4 is 4.74 Å². The predicted octanol–water partition coefficient (Wildman–Crippen LogP) is 8.46. The molecule has 222 valence electrons. The van der Waals surface area contributed by atoms with Crippen LogP contribution in [0.3, 0.4) is 0 Å². The van der Waals surface area contributed by atoms with Crippen molar-refractivity contribution in [2.45, 2.75) is 156 Å². The molecule has 0 spiro atoms. The van der Waals surface area contributed by atoms with Gasteiger partial charge in [-0.2, -0.15) is 0 Å². The molecule has 0 fully saturated rings. The summed E-state index contributed by atoms with van der Waals surface area (Å²) in [5, 5.41) is 0. The van der Waals surface area contributed by atoms with E-state index in [9.17, 15) is 14.4 Å². The Morgan fingerprint density at radius 1 is 0.615 bits per heavy atom. The van der Waals surface area contributed by atoms with Crippen LogP contribution in [0.4, 0.5) is 0 Å². The van der Waals surface area contributed by atoms with Crippen molar-refractivity contribution in [1.29, 1.82) is 0 Å². The van der Waals surface area contributed by atoms with Gasteiger partial charge in [-0.15, -0.1) is 0 Å². The molecule has 39 heavy (non-hydrogen) atoms. The Hall–Kier alpha value is -2.44. The topological polar surface area (TPSA) is 91.8 Å². The minimum absolute atomic E-state index is 0.00740. The third kappa shape index (κ3) is 16.3. The van der Waals surface area contributed by atoms with E-state index in [0.29, 0.717) is 41.8 Å². The normalized spacial score (nSPS) is 10.9. The van der Waals surface area contributed by atoms with E-state index in [0.717, 1.165) is 83.5 Å². The summed E-state index contributed by atoms with van der Waals surface area (Å²) in [6, 6.07) is 0. The molecule has 7 heteroatoms. The fraction of sp³-hybridized carbons (Fsp3) is 0.750. The molecule has 1 heterocycles. The van der Waals surface area contributed by atoms with Gasteiger partial charge in [0.25, 0.3) is 0 Å². The van der Waals surface area contributed by atoms with Gasteiger partial charge in [0.2, 0.25) is 0 Å². The van der Waals surface area contributed by atoms with Gasteiger partial charge >= 0.3 is 17.9 Å². The molecule has 0 aliphatic rings. The summed E-state index contributed by atoms with van der Waals surface area (Å²) in [6.07, 6.45) is 18.3. The highest BCUT2D eigenvalue weighted by Crippen LogP contribution is 2.28. The van der Waals surface area contributed by atoms with Crippen LogP contribution >= 0.6 is 0 Å². The van der Waals surface area contributed by atoms with Crippen LogP contribution in [0.2, 0.25) is 0 Å². The van der Waals surface area contributed by atoms with E-state index in [1.807, 2.05) is 0 Å². The monoisotopic (exact) mass is 547 g/mol. The SMILES string of the molecule is CCCCCCCC(=O)OCc1cnc(C)c(OC(=O)CCCCCCC)c1COC(=O)CCCCCCC. The van der Waals surface area contributed by atoms with Crippen LogP contribution in [-0.2, 0) is 37.1 Å². The van der Waals surface area contributed by atoms with Crippen molar-refractivity contribution in [3.05, 3.63) is 23.0 Å². The molecule has 0 saturated carbocycles. The highest BCUT2D eigenvalue weighted by Gasteiger charge is 2.20. The summed E-state index contributed by atoms with van der Waals surface area (Å²) in [4.78, 5) is 41.8. The van der Waals surface area contributed by atoms with E-state index < -0.39 is 0 Å². The molecule has 0 unspecified atom stereocenters. The zero-order valence-corrected chi connectivity index (χ0v) is 25.1. The molecule has 7 nitrogen and oxygen atoms in total. The lowest BCUT2D eigenvalue weighted by molar-refractivity contribution is -0.146. The van der Waals surface area contributed by atoms with Crippen molar-refractivity contribution < 1.29 is 28.6 Å². The van der Waals surface area contributed by atoms with E-state index in [1.54, 1.807) is 13.1 Å². The molecule has 0 amide bonds. The Kier molecular flexibility index (Phi) is 19.9. The Labute approximate surface area is 236 Å². The van der Waals surface area contributed by atoms with Gasteiger partial charge in [0.15, 0.2) is 5.75 Å². The third-order valence-electron chi connectivity index (χ3n) is 6.84. The number of rotatable bonds is 23. The minimum Gasteiger partial charge on any atom is -0.461 e. The summed E-state index contributed by atoms with van der Waals surface area (Å²) in [7, 11) is 0. The number of aromatic nitrogens is 1. The number of unbranched alkanes of at least 4 members (excludes halogenated alkanes) is 12. The first-order valence-corrected chi connectivity index (χ1v) is 15.4. The number of hydrogen-bond acceptors (Lipinski definition) is 7. The first-order valence-electron chi connectivity index (χ1n) is 15.4. The lowest BCUT2D eigenvalue weighted by Gasteiger charge is -2.17. The second-order valence-electron chi connectivity index (χ2n) is 10.5. The van der Waals surface area contributed by atoms with Gasteiger partial charge in [-0.25, -0.2) is 0 Å². The Morgan fingerprint density at radius 2 is 1.05 bits per heavy atom. The smallest absolute Gasteiger partial charge is 0.311 e. The molecular formula is C32H53NO6. The van der Waals surface area contributed by atoms with Gasteiger partial charge < -0.3 is 14.2 Å². The quantitative estimate of drug-likeness (QED) is 0.100. The molecule has 0 saturated heterocycles. The Balaban J connectivity index is 2.85. The van der Waals surface area contributed by atoms with Crippen LogP contribution in [0.1, 0.15) is 153 Å². The summed E-state index contributed by atoms with van der Waals surface area (Å²) in [5.41, 5.74) is 1.66. The van der Waals surface area contributed by atoms with Crippen LogP contribution in [0.5, 0.6) is 5.75 Å². The van der Waals surface area contributed by atoms with Gasteiger partial charge in [-0.1, -0.05) is 97.8 Å². The lowest BCUT2D eigenvalue weighted by Crippen LogP contribution is -2.15. The molecule has 1 aromatic heterocycles. The van der Waals surface area contributed by atoms with E-state index in [1.165, 1.54) is 12.8 Å². The number of aryl methyl sites for hydroxylation is 1. The molecule has 0 atom stereocenters. The molecule has 0 radical (unpaired) electrons. The highest BCUT2D eigenvalue weighted by atomic mass is 16.5. The average molecular weight is 548 g/mol. The van der Waals surface area contributed by atoms with Crippen molar-refractivity contribution in [3.63, 3.8) is 0 Å². The molecule has 0 aliphatic carbocycles. The fourth-order valence-electron chi connectivity index (χ4n) is 4.33. The maximum atomic E-state index is 12.6. The van der Waals surface area contributed by atoms with Gasteiger partial charge in [-0.05, 0) is 26.2 Å². The van der Waals surface area contributed by atoms with Crippen molar-refractivity contribution in [1.82, 2.24) is 4.98 Å². The van der Waals surface area contributed by atoms with Gasteiger partial charge in [-0.3, -0.25) is 19.4 Å². The molecule has 0 aromatic carbocycles. The van der Waals surface area contributed by atoms with E-state index in [-0.39, 0.29) is 31.1 Å². The molecule has 0 aliphatic heterocycles. The van der Waals surface area contributed by atoms with Crippen LogP contribution in [0, 0.1) is 6.92 Å². The zero-order chi connectivity index (χ0) is 28.7. The van der Waals surface area contributed by atoms with E-state index in [2.05, 4.69) is 25.8 Å². The Morgan fingerprint density at radius 3 is 1.54 bits per heavy atom. The van der Waals surface area contributed by atoms with Gasteiger partial charge in [0.1, 0.15) is 13.2 Å². The maximum absolute atomic E-state index is 12.6. The van der Waals surface area contributed by atoms with Crippen molar-refractivity contribution in [2.24, 2.45) is 0 Å². The van der Waals surface area contributed by atoms with Crippen molar-refractivity contribution in [2.75, 3.05) is 0 Å². The van der Waals surface area contributed by atoms with E-state index >= 15 is 0 Å². The van der Waals surface area contributed by atoms with Crippen LogP contribution in [0.25, 0.3) is 0 Å². The second kappa shape index (κ2) is 22.4. The number of pyridine rings is 1. The van der Waals surface area contributed by atoms with Crippen LogP contribution in [0.15, 0.2) is 6.20 Å². The molecule has 0 N–H and O–H groups in total. The highest BCUT2D eigenvalue weighted by molar-refractivity contribution is 5.73. The second-order valence-corrected chi connectivity index (χ2v) is 10.5. The number of nitrogens with zero attached hydrogens (tertiary/aromatic N) is 1. The summed E-state index contributed by atoms with van der Waals surface area (Å²) in [6.45, 7) is 8.17. The van der Waals surface area contributed by atoms with E-state index in [4.69, 9.17) is 14.2 Å². The molecule has 0 bridgehead atoms. The van der Waals surface area contributed by atoms with Gasteiger partial charge in [0, 0.05) is 36.6 Å². The summed E-state index contributed by atoms with van der Waals surface area (Å²) >= 11 is 0. The molecular weight excluding hydrogens is 494 g/mol. The maximum Gasteiger partial charge on any atom is 0.311 e. The minimum atomic E-state index is -0.332. The lowest BCUT2D eigenvalue weighted by atomic mass is 10.1. The van der Waals surface area contributed by atoms with Crippen molar-refractivity contribution >= 4 is 17.9 Å². The zero-order valence-electron chi connectivity index (χ0n) is 25.1.